The summed E-state index contributed by atoms with van der Waals surface area (Å²) in [5.74, 6) is 1.62. The molecule has 3 rings (SSSR count). The Hall–Kier alpha value is -1.72. The molecule has 0 N–H and O–H groups in total. The van der Waals surface area contributed by atoms with Gasteiger partial charge in [0.05, 0.1) is 14.2 Å². The zero-order chi connectivity index (χ0) is 17.9. The van der Waals surface area contributed by atoms with Gasteiger partial charge in [-0.05, 0) is 63.5 Å². The SMILES string of the molecule is COc1ccc(C(Cl)(c2ccccc2)c2ccc(OC)cc2I)cc1. The van der Waals surface area contributed by atoms with Crippen LogP contribution in [0.25, 0.3) is 0 Å². The zero-order valence-electron chi connectivity index (χ0n) is 14.0. The average molecular weight is 465 g/mol. The van der Waals surface area contributed by atoms with Crippen LogP contribution >= 0.6 is 34.2 Å². The molecule has 1 unspecified atom stereocenters. The summed E-state index contributed by atoms with van der Waals surface area (Å²) in [6, 6.07) is 24.0. The molecule has 3 aromatic carbocycles. The van der Waals surface area contributed by atoms with Crippen LogP contribution in [0.3, 0.4) is 0 Å². The number of ether oxygens (including phenoxy) is 2. The van der Waals surface area contributed by atoms with Crippen molar-refractivity contribution in [3.63, 3.8) is 0 Å². The molecule has 0 amide bonds. The third kappa shape index (κ3) is 3.48. The molecule has 0 aromatic heterocycles. The highest BCUT2D eigenvalue weighted by atomic mass is 127. The summed E-state index contributed by atoms with van der Waals surface area (Å²) in [6.45, 7) is 0. The highest BCUT2D eigenvalue weighted by Crippen LogP contribution is 2.45. The molecular formula is C21H18ClIO2. The minimum Gasteiger partial charge on any atom is -0.497 e. The molecule has 0 aliphatic heterocycles. The molecule has 0 fully saturated rings. The molecule has 0 spiro atoms. The number of methoxy groups -OCH3 is 2. The lowest BCUT2D eigenvalue weighted by Crippen LogP contribution is -2.23. The Bertz CT molecular complexity index is 850. The molecule has 0 aliphatic carbocycles. The van der Waals surface area contributed by atoms with E-state index in [-0.39, 0.29) is 0 Å². The van der Waals surface area contributed by atoms with Crippen molar-refractivity contribution in [3.8, 4) is 11.5 Å². The molecule has 0 bridgehead atoms. The molecule has 128 valence electrons. The fraction of sp³-hybridized carbons (Fsp3) is 0.143. The first-order valence-electron chi connectivity index (χ1n) is 7.82. The summed E-state index contributed by atoms with van der Waals surface area (Å²) in [6.07, 6.45) is 0. The lowest BCUT2D eigenvalue weighted by atomic mass is 9.84. The van der Waals surface area contributed by atoms with Crippen LogP contribution in [0.4, 0.5) is 0 Å². The van der Waals surface area contributed by atoms with E-state index >= 15 is 0 Å². The minimum atomic E-state index is -0.795. The van der Waals surface area contributed by atoms with Gasteiger partial charge in [-0.2, -0.15) is 0 Å². The molecular weight excluding hydrogens is 447 g/mol. The normalized spacial score (nSPS) is 13.1. The van der Waals surface area contributed by atoms with Crippen molar-refractivity contribution in [1.29, 1.82) is 0 Å². The van der Waals surface area contributed by atoms with Gasteiger partial charge in [-0.3, -0.25) is 0 Å². The Kier molecular flexibility index (Phi) is 5.54. The number of hydrogen-bond acceptors (Lipinski definition) is 2. The number of benzene rings is 3. The van der Waals surface area contributed by atoms with Crippen molar-refractivity contribution < 1.29 is 9.47 Å². The maximum absolute atomic E-state index is 7.33. The smallest absolute Gasteiger partial charge is 0.120 e. The molecule has 2 nitrogen and oxygen atoms in total. The molecule has 4 heteroatoms. The Morgan fingerprint density at radius 2 is 1.32 bits per heavy atom. The summed E-state index contributed by atoms with van der Waals surface area (Å²) < 4.78 is 11.7. The maximum Gasteiger partial charge on any atom is 0.120 e. The van der Waals surface area contributed by atoms with Crippen molar-refractivity contribution >= 4 is 34.2 Å². The summed E-state index contributed by atoms with van der Waals surface area (Å²) >= 11 is 9.64. The van der Waals surface area contributed by atoms with E-state index in [1.54, 1.807) is 14.2 Å². The van der Waals surface area contributed by atoms with Crippen molar-refractivity contribution in [2.24, 2.45) is 0 Å². The Labute approximate surface area is 166 Å². The predicted octanol–water partition coefficient (Wildman–Crippen LogP) is 5.84. The van der Waals surface area contributed by atoms with Gasteiger partial charge in [-0.25, -0.2) is 0 Å². The predicted molar refractivity (Wildman–Crippen MR) is 111 cm³/mol. The Morgan fingerprint density at radius 3 is 1.88 bits per heavy atom. The second kappa shape index (κ2) is 7.67. The summed E-state index contributed by atoms with van der Waals surface area (Å²) in [4.78, 5) is -0.795. The molecule has 0 heterocycles. The van der Waals surface area contributed by atoms with Gasteiger partial charge in [-0.15, -0.1) is 11.6 Å². The molecule has 0 saturated heterocycles. The van der Waals surface area contributed by atoms with Gasteiger partial charge in [-0.1, -0.05) is 48.5 Å². The van der Waals surface area contributed by atoms with Gasteiger partial charge >= 0.3 is 0 Å². The largest absolute Gasteiger partial charge is 0.497 e. The van der Waals surface area contributed by atoms with Gasteiger partial charge in [0.1, 0.15) is 16.4 Å². The standard InChI is InChI=1S/C21H18ClIO2/c1-24-17-10-8-16(9-11-17)21(22,15-6-4-3-5-7-15)19-13-12-18(25-2)14-20(19)23/h3-14H,1-2H3. The van der Waals surface area contributed by atoms with Crippen LogP contribution in [0.15, 0.2) is 72.8 Å². The van der Waals surface area contributed by atoms with E-state index in [1.165, 1.54) is 0 Å². The van der Waals surface area contributed by atoms with Crippen molar-refractivity contribution in [2.45, 2.75) is 4.87 Å². The molecule has 1 atom stereocenters. The average Bonchev–Trinajstić information content (AvgIpc) is 2.68. The molecule has 25 heavy (non-hydrogen) atoms. The van der Waals surface area contributed by atoms with E-state index in [9.17, 15) is 0 Å². The van der Waals surface area contributed by atoms with Gasteiger partial charge < -0.3 is 9.47 Å². The fourth-order valence-corrected chi connectivity index (χ4v) is 4.34. The maximum atomic E-state index is 7.33. The first-order valence-corrected chi connectivity index (χ1v) is 9.28. The highest BCUT2D eigenvalue weighted by Gasteiger charge is 2.35. The first kappa shape index (κ1) is 18.1. The third-order valence-electron chi connectivity index (χ3n) is 4.21. The number of halogens is 2. The van der Waals surface area contributed by atoms with E-state index < -0.39 is 4.87 Å². The van der Waals surface area contributed by atoms with Crippen LogP contribution in [0.5, 0.6) is 11.5 Å². The van der Waals surface area contributed by atoms with Crippen LogP contribution < -0.4 is 9.47 Å². The van der Waals surface area contributed by atoms with Crippen LogP contribution in [0, 0.1) is 3.57 Å². The molecule has 0 radical (unpaired) electrons. The van der Waals surface area contributed by atoms with Crippen LogP contribution in [-0.4, -0.2) is 14.2 Å². The molecule has 3 aromatic rings. The summed E-state index contributed by atoms with van der Waals surface area (Å²) in [5.41, 5.74) is 3.03. The van der Waals surface area contributed by atoms with Crippen LogP contribution in [0.2, 0.25) is 0 Å². The quantitative estimate of drug-likeness (QED) is 0.268. The van der Waals surface area contributed by atoms with E-state index in [2.05, 4.69) is 34.7 Å². The van der Waals surface area contributed by atoms with E-state index in [0.717, 1.165) is 31.8 Å². The first-order chi connectivity index (χ1) is 12.1. The minimum absolute atomic E-state index is 0.795. The number of hydrogen-bond donors (Lipinski definition) is 0. The third-order valence-corrected chi connectivity index (χ3v) is 5.74. The summed E-state index contributed by atoms with van der Waals surface area (Å²) in [7, 11) is 3.33. The Balaban J connectivity index is 2.22. The van der Waals surface area contributed by atoms with Crippen molar-refractivity contribution in [1.82, 2.24) is 0 Å². The monoisotopic (exact) mass is 464 g/mol. The fourth-order valence-electron chi connectivity index (χ4n) is 2.87. The zero-order valence-corrected chi connectivity index (χ0v) is 16.9. The van der Waals surface area contributed by atoms with Crippen LogP contribution in [0.1, 0.15) is 16.7 Å². The van der Waals surface area contributed by atoms with Gasteiger partial charge in [0, 0.05) is 3.57 Å². The summed E-state index contributed by atoms with van der Waals surface area (Å²) in [5, 5.41) is 0. The second-order valence-corrected chi connectivity index (χ2v) is 7.33. The topological polar surface area (TPSA) is 18.5 Å². The lowest BCUT2D eigenvalue weighted by molar-refractivity contribution is 0.414. The van der Waals surface area contributed by atoms with E-state index in [4.69, 9.17) is 21.1 Å². The molecule has 0 aliphatic rings. The second-order valence-electron chi connectivity index (χ2n) is 5.60. The van der Waals surface area contributed by atoms with E-state index in [1.807, 2.05) is 60.7 Å². The highest BCUT2D eigenvalue weighted by molar-refractivity contribution is 14.1. The van der Waals surface area contributed by atoms with Gasteiger partial charge in [0.15, 0.2) is 0 Å². The van der Waals surface area contributed by atoms with Gasteiger partial charge in [0.25, 0.3) is 0 Å². The van der Waals surface area contributed by atoms with E-state index in [0.29, 0.717) is 0 Å². The van der Waals surface area contributed by atoms with Crippen LogP contribution in [-0.2, 0) is 4.87 Å². The van der Waals surface area contributed by atoms with Crippen molar-refractivity contribution in [2.75, 3.05) is 14.2 Å². The number of alkyl halides is 1. The Morgan fingerprint density at radius 1 is 0.760 bits per heavy atom. The lowest BCUT2D eigenvalue weighted by Gasteiger charge is -2.30. The van der Waals surface area contributed by atoms with Gasteiger partial charge in [0.2, 0.25) is 0 Å². The molecule has 0 saturated carbocycles. The van der Waals surface area contributed by atoms with Crippen molar-refractivity contribution in [3.05, 3.63) is 93.1 Å². The number of rotatable bonds is 5.